The van der Waals surface area contributed by atoms with Crippen molar-refractivity contribution in [2.24, 2.45) is 0 Å². The summed E-state index contributed by atoms with van der Waals surface area (Å²) in [4.78, 5) is 13.1. The van der Waals surface area contributed by atoms with E-state index in [9.17, 15) is 21.6 Å². The number of hydrogen-bond donors (Lipinski definition) is 1. The van der Waals surface area contributed by atoms with Gasteiger partial charge in [0.25, 0.3) is 15.9 Å². The monoisotopic (exact) mass is 525 g/mol. The topological polar surface area (TPSA) is 104 Å². The summed E-state index contributed by atoms with van der Waals surface area (Å²) >= 11 is 0. The second kappa shape index (κ2) is 9.68. The van der Waals surface area contributed by atoms with Gasteiger partial charge in [-0.15, -0.1) is 0 Å². The molecule has 0 aliphatic carbocycles. The molecule has 5 rings (SSSR count). The largest absolute Gasteiger partial charge is 0.322 e. The first-order valence-corrected chi connectivity index (χ1v) is 14.8. The summed E-state index contributed by atoms with van der Waals surface area (Å²) < 4.78 is 55.6. The van der Waals surface area contributed by atoms with Crippen LogP contribution >= 0.6 is 0 Å². The number of para-hydroxylation sites is 1. The summed E-state index contributed by atoms with van der Waals surface area (Å²) in [7, 11) is -7.50. The number of fused-ring (bicyclic) bond motifs is 1. The SMILES string of the molecule is O=C(Nc1cccc(S(=O)(=O)N2CCCCC2)c1)c1cccc(S(=O)(=O)N2CCc3ccccc32)c1. The summed E-state index contributed by atoms with van der Waals surface area (Å²) in [6, 6.07) is 19.4. The molecular weight excluding hydrogens is 498 g/mol. The average molecular weight is 526 g/mol. The molecule has 0 saturated carbocycles. The van der Waals surface area contributed by atoms with Crippen LogP contribution < -0.4 is 9.62 Å². The molecule has 2 heterocycles. The third-order valence-corrected chi connectivity index (χ3v) is 10.3. The van der Waals surface area contributed by atoms with Crippen molar-refractivity contribution in [2.75, 3.05) is 29.3 Å². The lowest BCUT2D eigenvalue weighted by Crippen LogP contribution is -2.35. The zero-order valence-electron chi connectivity index (χ0n) is 19.6. The van der Waals surface area contributed by atoms with Crippen molar-refractivity contribution in [1.82, 2.24) is 4.31 Å². The fraction of sp³-hybridized carbons (Fsp3) is 0.269. The Morgan fingerprint density at radius 1 is 0.722 bits per heavy atom. The molecule has 1 saturated heterocycles. The maximum atomic E-state index is 13.4. The Bertz CT molecular complexity index is 1510. The lowest BCUT2D eigenvalue weighted by molar-refractivity contribution is 0.102. The number of rotatable bonds is 6. The van der Waals surface area contributed by atoms with E-state index in [2.05, 4.69) is 5.32 Å². The molecule has 1 N–H and O–H groups in total. The van der Waals surface area contributed by atoms with Gasteiger partial charge >= 0.3 is 0 Å². The minimum atomic E-state index is -3.85. The van der Waals surface area contributed by atoms with E-state index in [1.807, 2.05) is 12.1 Å². The quantitative estimate of drug-likeness (QED) is 0.526. The number of nitrogens with one attached hydrogen (secondary N) is 1. The highest BCUT2D eigenvalue weighted by Gasteiger charge is 2.31. The average Bonchev–Trinajstić information content (AvgIpc) is 3.35. The zero-order valence-corrected chi connectivity index (χ0v) is 21.3. The van der Waals surface area contributed by atoms with Crippen LogP contribution in [0.1, 0.15) is 35.2 Å². The Morgan fingerprint density at radius 2 is 1.42 bits per heavy atom. The van der Waals surface area contributed by atoms with Crippen LogP contribution in [0, 0.1) is 0 Å². The first-order chi connectivity index (χ1) is 17.3. The first-order valence-electron chi connectivity index (χ1n) is 11.9. The Kier molecular flexibility index (Phi) is 6.59. The predicted molar refractivity (Wildman–Crippen MR) is 138 cm³/mol. The van der Waals surface area contributed by atoms with Crippen molar-refractivity contribution in [3.05, 3.63) is 83.9 Å². The van der Waals surface area contributed by atoms with Gasteiger partial charge in [-0.05, 0) is 67.3 Å². The van der Waals surface area contributed by atoms with Gasteiger partial charge in [0.15, 0.2) is 0 Å². The molecule has 8 nitrogen and oxygen atoms in total. The molecule has 0 bridgehead atoms. The molecule has 188 valence electrons. The number of sulfonamides is 2. The maximum Gasteiger partial charge on any atom is 0.264 e. The number of hydrogen-bond acceptors (Lipinski definition) is 5. The van der Waals surface area contributed by atoms with E-state index >= 15 is 0 Å². The van der Waals surface area contributed by atoms with Crippen LogP contribution in [0.3, 0.4) is 0 Å². The summed E-state index contributed by atoms with van der Waals surface area (Å²) in [5.41, 5.74) is 2.10. The summed E-state index contributed by atoms with van der Waals surface area (Å²) in [6.07, 6.45) is 3.31. The highest BCUT2D eigenvalue weighted by Crippen LogP contribution is 2.33. The van der Waals surface area contributed by atoms with Gasteiger partial charge in [0, 0.05) is 30.9 Å². The van der Waals surface area contributed by atoms with E-state index in [-0.39, 0.29) is 15.4 Å². The molecule has 0 atom stereocenters. The lowest BCUT2D eigenvalue weighted by Gasteiger charge is -2.26. The van der Waals surface area contributed by atoms with Crippen LogP contribution in [0.4, 0.5) is 11.4 Å². The first kappa shape index (κ1) is 24.5. The van der Waals surface area contributed by atoms with Gasteiger partial charge in [-0.25, -0.2) is 16.8 Å². The molecule has 0 unspecified atom stereocenters. The third-order valence-electron chi connectivity index (χ3n) is 6.57. The highest BCUT2D eigenvalue weighted by atomic mass is 32.2. The number of piperidine rings is 1. The van der Waals surface area contributed by atoms with Crippen molar-refractivity contribution < 1.29 is 21.6 Å². The van der Waals surface area contributed by atoms with Crippen LogP contribution in [0.5, 0.6) is 0 Å². The minimum Gasteiger partial charge on any atom is -0.322 e. The van der Waals surface area contributed by atoms with Crippen LogP contribution in [-0.2, 0) is 26.5 Å². The molecule has 2 aliphatic rings. The smallest absolute Gasteiger partial charge is 0.264 e. The number of benzene rings is 3. The van der Waals surface area contributed by atoms with Gasteiger partial charge in [0.05, 0.1) is 15.5 Å². The van der Waals surface area contributed by atoms with E-state index in [0.717, 1.165) is 24.8 Å². The molecular formula is C26H27N3O5S2. The van der Waals surface area contributed by atoms with E-state index in [4.69, 9.17) is 0 Å². The fourth-order valence-electron chi connectivity index (χ4n) is 4.67. The number of carbonyl (C=O) groups excluding carboxylic acids is 1. The highest BCUT2D eigenvalue weighted by molar-refractivity contribution is 7.92. The molecule has 1 amide bonds. The summed E-state index contributed by atoms with van der Waals surface area (Å²) in [6.45, 7) is 1.32. The number of amides is 1. The molecule has 1 fully saturated rings. The van der Waals surface area contributed by atoms with E-state index in [1.54, 1.807) is 24.3 Å². The molecule has 10 heteroatoms. The van der Waals surface area contributed by atoms with E-state index in [0.29, 0.717) is 37.4 Å². The van der Waals surface area contributed by atoms with Crippen LogP contribution in [0.15, 0.2) is 82.6 Å². The Balaban J connectivity index is 1.36. The van der Waals surface area contributed by atoms with Gasteiger partial charge in [-0.2, -0.15) is 4.31 Å². The third kappa shape index (κ3) is 4.63. The fourth-order valence-corrected chi connectivity index (χ4v) is 7.79. The second-order valence-electron chi connectivity index (χ2n) is 8.93. The molecule has 0 aromatic heterocycles. The normalized spacial score (nSPS) is 16.5. The molecule has 3 aromatic rings. The molecule has 2 aliphatic heterocycles. The van der Waals surface area contributed by atoms with Gasteiger partial charge in [0.2, 0.25) is 10.0 Å². The number of anilines is 2. The molecule has 0 spiro atoms. The van der Waals surface area contributed by atoms with Gasteiger partial charge in [-0.3, -0.25) is 9.10 Å². The Morgan fingerprint density at radius 3 is 2.19 bits per heavy atom. The van der Waals surface area contributed by atoms with Crippen molar-refractivity contribution >= 4 is 37.3 Å². The van der Waals surface area contributed by atoms with Gasteiger partial charge < -0.3 is 5.32 Å². The van der Waals surface area contributed by atoms with Gasteiger partial charge in [-0.1, -0.05) is 36.8 Å². The lowest BCUT2D eigenvalue weighted by atomic mass is 10.2. The summed E-state index contributed by atoms with van der Waals surface area (Å²) in [5.74, 6) is -0.526. The Labute approximate surface area is 211 Å². The summed E-state index contributed by atoms with van der Waals surface area (Å²) in [5, 5.41) is 2.71. The molecule has 36 heavy (non-hydrogen) atoms. The Hall–Kier alpha value is -3.21. The zero-order chi connectivity index (χ0) is 25.3. The number of nitrogens with zero attached hydrogens (tertiary/aromatic N) is 2. The maximum absolute atomic E-state index is 13.4. The van der Waals surface area contributed by atoms with E-state index in [1.165, 1.54) is 45.0 Å². The van der Waals surface area contributed by atoms with Crippen molar-refractivity contribution in [3.63, 3.8) is 0 Å². The van der Waals surface area contributed by atoms with Crippen LogP contribution in [-0.4, -0.2) is 46.7 Å². The van der Waals surface area contributed by atoms with Crippen molar-refractivity contribution in [1.29, 1.82) is 0 Å². The minimum absolute atomic E-state index is 0.0216. The molecule has 0 radical (unpaired) electrons. The van der Waals surface area contributed by atoms with E-state index < -0.39 is 26.0 Å². The number of carbonyl (C=O) groups is 1. The standard InChI is InChI=1S/C26H27N3O5S2/c30-26(27-22-10-7-12-24(19-22)35(31,32)28-15-4-1-5-16-28)21-9-6-11-23(18-21)36(33,34)29-17-14-20-8-2-3-13-25(20)29/h2-3,6-13,18-19H,1,4-5,14-17H2,(H,27,30). The van der Waals surface area contributed by atoms with Gasteiger partial charge in [0.1, 0.15) is 0 Å². The molecule has 3 aromatic carbocycles. The predicted octanol–water partition coefficient (Wildman–Crippen LogP) is 3.86. The van der Waals surface area contributed by atoms with Crippen LogP contribution in [0.2, 0.25) is 0 Å². The van der Waals surface area contributed by atoms with Crippen molar-refractivity contribution in [3.8, 4) is 0 Å². The van der Waals surface area contributed by atoms with Crippen molar-refractivity contribution in [2.45, 2.75) is 35.5 Å². The van der Waals surface area contributed by atoms with Crippen LogP contribution in [0.25, 0.3) is 0 Å². The second-order valence-corrected chi connectivity index (χ2v) is 12.7.